The quantitative estimate of drug-likeness (QED) is 0.118. The fourth-order valence-corrected chi connectivity index (χ4v) is 34.6. The number of hydrogen-bond acceptors (Lipinski definition) is 16. The van der Waals surface area contributed by atoms with E-state index in [9.17, 15) is 0 Å². The van der Waals surface area contributed by atoms with E-state index in [1.54, 1.807) is 94.1 Å². The standard InChI is InChI=1S/C26H27N5O2.C17H15ClN4O2.C15H24BNO2.CH4.S13/c1-13-22(14(2)33-31-13)18-11-19-17(12-21(18)32-7)23-24(28-15(3)29-25(23)30-19)20-10-16(8-9-27-20)26(4,5)6;1-7-14(8(2)24-22-7)11-5-12-10(6-13(11)23-4)15-16(18)19-9(3)20-17(15)21-12;1-13(2,3)11-8-9-17-12(10-11)16-18-14(4,5)15(6,7)19-16;;1-3-5-7-9-11-13-12-10-8-6-4-2/h8-12H,1-7H3,(H,28,29,30);5-6H,1-4H3,(H,19,20,21);8-10H,1-7H3;1H4;. The van der Waals surface area contributed by atoms with Gasteiger partial charge in [0.2, 0.25) is 0 Å². The summed E-state index contributed by atoms with van der Waals surface area (Å²) in [4.78, 5) is 34.1. The zero-order valence-electron chi connectivity index (χ0n) is 52.1. The minimum absolute atomic E-state index is 0. The molecule has 0 atom stereocenters. The van der Waals surface area contributed by atoms with Crippen molar-refractivity contribution < 1.29 is 27.8 Å². The number of nitrogens with zero attached hydrogens (tertiary/aromatic N) is 8. The van der Waals surface area contributed by atoms with E-state index in [0.29, 0.717) is 22.4 Å². The highest BCUT2D eigenvalue weighted by atomic mass is 35.5. The number of H-pyrrole nitrogens is 2. The van der Waals surface area contributed by atoms with Gasteiger partial charge < -0.3 is 37.8 Å². The molecule has 1 aliphatic heterocycles. The number of pyridine rings is 2. The van der Waals surface area contributed by atoms with Gasteiger partial charge in [-0.2, -0.15) is 0 Å². The minimum Gasteiger partial charge on any atom is -0.496 e. The van der Waals surface area contributed by atoms with Crippen LogP contribution in [0.15, 0.2) is 70.0 Å². The topological polar surface area (TPSA) is 198 Å². The summed E-state index contributed by atoms with van der Waals surface area (Å²) in [6.45, 7) is 32.7. The predicted octanol–water partition coefficient (Wildman–Crippen LogP) is 13.7. The predicted molar refractivity (Wildman–Crippen MR) is 403 cm³/mol. The second-order valence-electron chi connectivity index (χ2n) is 23.2. The second kappa shape index (κ2) is 31.3. The molecule has 2 N–H and O–H groups in total. The molecule has 2 aromatic carbocycles. The molecule has 0 unspecified atom stereocenters. The Morgan fingerprint density at radius 2 is 0.978 bits per heavy atom. The van der Waals surface area contributed by atoms with Crippen LogP contribution in [0.1, 0.15) is 122 Å². The van der Waals surface area contributed by atoms with Gasteiger partial charge in [0.25, 0.3) is 0 Å². The van der Waals surface area contributed by atoms with Crippen molar-refractivity contribution in [1.29, 1.82) is 0 Å². The number of nitrogens with one attached hydrogen (secondary N) is 2. The van der Waals surface area contributed by atoms with Crippen molar-refractivity contribution in [1.82, 2.24) is 50.2 Å². The third-order valence-electron chi connectivity index (χ3n) is 14.6. The van der Waals surface area contributed by atoms with Crippen molar-refractivity contribution in [3.63, 3.8) is 0 Å². The van der Waals surface area contributed by atoms with Gasteiger partial charge in [-0.3, -0.25) is 9.97 Å². The lowest BCUT2D eigenvalue weighted by Gasteiger charge is -2.32. The van der Waals surface area contributed by atoms with Crippen molar-refractivity contribution in [2.45, 2.75) is 140 Å². The molecule has 0 saturated carbocycles. The third kappa shape index (κ3) is 17.1. The van der Waals surface area contributed by atoms with E-state index in [-0.39, 0.29) is 36.6 Å². The van der Waals surface area contributed by atoms with Crippen LogP contribution in [0.4, 0.5) is 0 Å². The van der Waals surface area contributed by atoms with Gasteiger partial charge in [0.05, 0.1) is 70.0 Å². The zero-order chi connectivity index (χ0) is 64.8. The van der Waals surface area contributed by atoms with Crippen molar-refractivity contribution in [2.75, 3.05) is 14.2 Å². The van der Waals surface area contributed by atoms with Crippen LogP contribution in [0, 0.1) is 41.5 Å². The number of fused-ring (bicyclic) bond motifs is 6. The molecule has 16 nitrogen and oxygen atoms in total. The van der Waals surface area contributed by atoms with Gasteiger partial charge in [0.1, 0.15) is 56.8 Å². The average molecular weight is 1480 g/mol. The summed E-state index contributed by atoms with van der Waals surface area (Å²) in [6.07, 6.45) is 3.69. The summed E-state index contributed by atoms with van der Waals surface area (Å²) in [7, 11) is 21.0. The third-order valence-corrected chi connectivity index (χ3v) is 37.1. The van der Waals surface area contributed by atoms with Crippen molar-refractivity contribution in [3.05, 3.63) is 112 Å². The van der Waals surface area contributed by atoms with E-state index in [1.165, 1.54) is 28.9 Å². The van der Waals surface area contributed by atoms with Crippen LogP contribution in [-0.4, -0.2) is 82.7 Å². The van der Waals surface area contributed by atoms with Crippen molar-refractivity contribution in [3.8, 4) is 45.1 Å². The van der Waals surface area contributed by atoms with Gasteiger partial charge in [0.15, 0.2) is 0 Å². The number of benzene rings is 2. The largest absolute Gasteiger partial charge is 0.514 e. The lowest BCUT2D eigenvalue weighted by atomic mass is 9.79. The van der Waals surface area contributed by atoms with Crippen LogP contribution < -0.4 is 15.1 Å². The van der Waals surface area contributed by atoms with Gasteiger partial charge in [-0.05, 0) is 140 Å². The van der Waals surface area contributed by atoms with E-state index in [4.69, 9.17) is 66.8 Å². The number of ether oxygens (including phenoxy) is 2. The van der Waals surface area contributed by atoms with E-state index in [2.05, 4.69) is 145 Å². The van der Waals surface area contributed by atoms with Gasteiger partial charge >= 0.3 is 7.12 Å². The normalized spacial score (nSPS) is 13.1. The van der Waals surface area contributed by atoms with Crippen LogP contribution in [0.2, 0.25) is 5.15 Å². The number of hydrogen-bond donors (Lipinski definition) is 2. The summed E-state index contributed by atoms with van der Waals surface area (Å²) in [5.41, 5.74) is 13.1. The SMILES string of the molecule is C.CC(C)(C)c1ccnc(B2OC(C)(C)C(C)(C)O2)c1.COc1cc2c(cc1-c1c(C)noc1C)[nH]c1nc(C)nc(-c3cc(C(C)(C)C)ccn3)c12.COc1cc2c(cc1-c1c(C)noc1C)[nH]c1nc(C)nc(Cl)c12.S=S=S=S=S=S=S=S=S=S=S=S=S. The highest BCUT2D eigenvalue weighted by Crippen LogP contribution is 2.43. The maximum Gasteiger partial charge on any atom is 0.514 e. The van der Waals surface area contributed by atoms with Crippen molar-refractivity contribution in [2.24, 2.45) is 0 Å². The monoisotopic (exact) mass is 1480 g/mol. The number of rotatable bonds is 6. The van der Waals surface area contributed by atoms with E-state index >= 15 is 0 Å². The first-order valence-electron chi connectivity index (χ1n) is 27.3. The Bertz CT molecular complexity index is 4770. The summed E-state index contributed by atoms with van der Waals surface area (Å²) in [6, 6.07) is 16.4. The minimum atomic E-state index is -0.382. The Morgan fingerprint density at radius 1 is 0.556 bits per heavy atom. The van der Waals surface area contributed by atoms with Crippen LogP contribution in [-0.2, 0) is 140 Å². The molecule has 1 aliphatic rings. The Morgan fingerprint density at radius 3 is 1.41 bits per heavy atom. The van der Waals surface area contributed by atoms with E-state index in [0.717, 1.165) is 112 Å². The lowest BCUT2D eigenvalue weighted by molar-refractivity contribution is 0.00578. The molecule has 0 amide bonds. The fourth-order valence-electron chi connectivity index (χ4n) is 9.61. The first-order chi connectivity index (χ1) is 42.1. The van der Waals surface area contributed by atoms with Crippen LogP contribution >= 0.6 is 11.6 Å². The molecule has 0 spiro atoms. The Labute approximate surface area is 571 Å². The number of aryl methyl sites for hydroxylation is 6. The molecule has 1 fully saturated rings. The maximum absolute atomic E-state index is 6.33. The molecule has 8 aromatic heterocycles. The maximum atomic E-state index is 6.33. The molecule has 10 aromatic rings. The van der Waals surface area contributed by atoms with Gasteiger partial charge in [0, 0.05) is 165 Å². The molecule has 0 bridgehead atoms. The van der Waals surface area contributed by atoms with E-state index in [1.807, 2.05) is 72.1 Å². The van der Waals surface area contributed by atoms with Crippen LogP contribution in [0.5, 0.6) is 11.5 Å². The van der Waals surface area contributed by atoms with E-state index < -0.39 is 0 Å². The van der Waals surface area contributed by atoms with Gasteiger partial charge in [-0.25, -0.2) is 19.9 Å². The molecule has 480 valence electrons. The van der Waals surface area contributed by atoms with Crippen molar-refractivity contribution >= 4 is 188 Å². The van der Waals surface area contributed by atoms with Gasteiger partial charge in [-0.1, -0.05) is 70.9 Å². The average Bonchev–Trinajstić information content (AvgIpc) is 1.60. The lowest BCUT2D eigenvalue weighted by Crippen LogP contribution is -2.41. The molecule has 0 aliphatic carbocycles. The summed E-state index contributed by atoms with van der Waals surface area (Å²) < 4.78 is 34.2. The molecule has 90 heavy (non-hydrogen) atoms. The molecular formula is C59H70BClN10O6S13. The number of methoxy groups -OCH3 is 2. The number of aromatic amines is 2. The Hall–Kier alpha value is -4.35. The fraction of sp³-hybridized carbons (Fsp3) is 0.390. The number of halogens is 1. The first kappa shape index (κ1) is 73.1. The second-order valence-corrected chi connectivity index (χ2v) is 43.0. The van der Waals surface area contributed by atoms with Gasteiger partial charge in [-0.15, -0.1) is 0 Å². The van der Waals surface area contributed by atoms with Crippen LogP contribution in [0.3, 0.4) is 0 Å². The smallest absolute Gasteiger partial charge is 0.496 e. The molecule has 31 heteroatoms. The molecule has 9 heterocycles. The summed E-state index contributed by atoms with van der Waals surface area (Å²) in [5.74, 6) is 4.26. The molecule has 11 rings (SSSR count). The Balaban J connectivity index is 0.000000179. The molecular weight excluding hydrogens is 1410 g/mol. The molecule has 0 radical (unpaired) electrons. The number of aromatic nitrogens is 10. The highest BCUT2D eigenvalue weighted by molar-refractivity contribution is 8.75. The highest BCUT2D eigenvalue weighted by Gasteiger charge is 2.52. The summed E-state index contributed by atoms with van der Waals surface area (Å²) >= 11 is 15.7. The van der Waals surface area contributed by atoms with Crippen LogP contribution in [0.25, 0.3) is 77.5 Å². The Kier molecular flexibility index (Phi) is 25.4. The molecule has 1 saturated heterocycles. The summed E-state index contributed by atoms with van der Waals surface area (Å²) in [5, 5.41) is 12.2. The zero-order valence-corrected chi connectivity index (χ0v) is 63.4. The first-order valence-corrected chi connectivity index (χ1v) is 43.6.